The third-order valence-electron chi connectivity index (χ3n) is 3.30. The monoisotopic (exact) mass is 318 g/mol. The summed E-state index contributed by atoms with van der Waals surface area (Å²) in [5.41, 5.74) is -1.25. The second-order valence-corrected chi connectivity index (χ2v) is 4.77. The number of hydrogen-bond acceptors (Lipinski definition) is 3. The van der Waals surface area contributed by atoms with Gasteiger partial charge in [0.1, 0.15) is 0 Å². The summed E-state index contributed by atoms with van der Waals surface area (Å²) in [5.74, 6) is -1.33. The molecular weight excluding hydrogens is 309 g/mol. The molecule has 0 saturated carbocycles. The van der Waals surface area contributed by atoms with Crippen molar-refractivity contribution in [3.63, 3.8) is 0 Å². The maximum Gasteiger partial charge on any atom is 0.418 e. The van der Waals surface area contributed by atoms with Gasteiger partial charge in [-0.1, -0.05) is 18.2 Å². The van der Waals surface area contributed by atoms with Gasteiger partial charge in [-0.3, -0.25) is 4.98 Å². The molecule has 0 spiro atoms. The van der Waals surface area contributed by atoms with Gasteiger partial charge in [0.25, 0.3) is 0 Å². The highest BCUT2D eigenvalue weighted by Gasteiger charge is 2.34. The summed E-state index contributed by atoms with van der Waals surface area (Å²) in [4.78, 5) is 19.5. The third kappa shape index (κ3) is 2.73. The van der Waals surface area contributed by atoms with Crippen molar-refractivity contribution in [1.29, 1.82) is 0 Å². The third-order valence-corrected chi connectivity index (χ3v) is 3.30. The normalized spacial score (nSPS) is 11.6. The number of rotatable bonds is 2. The van der Waals surface area contributed by atoms with Crippen LogP contribution in [-0.4, -0.2) is 21.0 Å². The van der Waals surface area contributed by atoms with Gasteiger partial charge >= 0.3 is 12.1 Å². The molecule has 0 unspecified atom stereocenters. The maximum atomic E-state index is 13.2. The largest absolute Gasteiger partial charge is 0.478 e. The zero-order valence-corrected chi connectivity index (χ0v) is 11.5. The second-order valence-electron chi connectivity index (χ2n) is 4.77. The number of para-hydroxylation sites is 1. The van der Waals surface area contributed by atoms with Crippen LogP contribution in [-0.2, 0) is 6.18 Å². The summed E-state index contributed by atoms with van der Waals surface area (Å²) in [6, 6.07) is 9.42. The van der Waals surface area contributed by atoms with Crippen LogP contribution >= 0.6 is 0 Å². The van der Waals surface area contributed by atoms with Crippen LogP contribution in [0.15, 0.2) is 48.7 Å². The van der Waals surface area contributed by atoms with Gasteiger partial charge < -0.3 is 5.11 Å². The molecule has 4 nitrogen and oxygen atoms in total. The first-order valence-electron chi connectivity index (χ1n) is 6.53. The van der Waals surface area contributed by atoms with E-state index in [1.807, 2.05) is 0 Å². The lowest BCUT2D eigenvalue weighted by Gasteiger charge is -2.12. The van der Waals surface area contributed by atoms with E-state index >= 15 is 0 Å². The van der Waals surface area contributed by atoms with Gasteiger partial charge in [0, 0.05) is 11.6 Å². The van der Waals surface area contributed by atoms with Gasteiger partial charge in [-0.2, -0.15) is 13.2 Å². The Hall–Kier alpha value is -2.96. The number of carbonyl (C=O) groups is 1. The summed E-state index contributed by atoms with van der Waals surface area (Å²) in [7, 11) is 0. The summed E-state index contributed by atoms with van der Waals surface area (Å²) in [5, 5.41) is 9.26. The van der Waals surface area contributed by atoms with Crippen LogP contribution in [0, 0.1) is 0 Å². The Morgan fingerprint density at radius 2 is 1.83 bits per heavy atom. The van der Waals surface area contributed by atoms with E-state index in [0.717, 1.165) is 6.07 Å². The van der Waals surface area contributed by atoms with E-state index in [1.165, 1.54) is 24.4 Å². The number of alkyl halides is 3. The molecule has 0 atom stereocenters. The molecule has 0 aliphatic carbocycles. The molecule has 0 bridgehead atoms. The Bertz CT molecular complexity index is 893. The molecule has 0 aliphatic rings. The molecule has 116 valence electrons. The SMILES string of the molecule is O=C(O)c1cc(-c2ccccn2)nc2c(C(F)(F)F)cccc12. The molecular formula is C16H9F3N2O2. The lowest BCUT2D eigenvalue weighted by Crippen LogP contribution is -2.09. The van der Waals surface area contributed by atoms with E-state index in [1.54, 1.807) is 18.2 Å². The number of hydrogen-bond donors (Lipinski definition) is 1. The van der Waals surface area contributed by atoms with Gasteiger partial charge in [-0.25, -0.2) is 9.78 Å². The number of carboxylic acid groups (broad SMARTS) is 1. The second kappa shape index (κ2) is 5.35. The minimum absolute atomic E-state index is 0.0630. The molecule has 7 heteroatoms. The number of pyridine rings is 2. The Morgan fingerprint density at radius 1 is 1.04 bits per heavy atom. The summed E-state index contributed by atoms with van der Waals surface area (Å²) < 4.78 is 39.5. The molecule has 2 heterocycles. The molecule has 3 aromatic rings. The number of halogens is 3. The number of aromatic nitrogens is 2. The number of aromatic carboxylic acids is 1. The average Bonchev–Trinajstić information content (AvgIpc) is 2.53. The van der Waals surface area contributed by atoms with Crippen molar-refractivity contribution in [3.05, 3.63) is 59.8 Å². The predicted octanol–water partition coefficient (Wildman–Crippen LogP) is 4.01. The first kappa shape index (κ1) is 15.0. The molecule has 1 aromatic carbocycles. The highest BCUT2D eigenvalue weighted by atomic mass is 19.4. The van der Waals surface area contributed by atoms with Crippen LogP contribution < -0.4 is 0 Å². The summed E-state index contributed by atoms with van der Waals surface area (Å²) >= 11 is 0. The van der Waals surface area contributed by atoms with Crippen molar-refractivity contribution in [2.75, 3.05) is 0 Å². The zero-order valence-electron chi connectivity index (χ0n) is 11.5. The summed E-state index contributed by atoms with van der Waals surface area (Å²) in [6.45, 7) is 0. The van der Waals surface area contributed by atoms with E-state index in [2.05, 4.69) is 9.97 Å². The fraction of sp³-hybridized carbons (Fsp3) is 0.0625. The van der Waals surface area contributed by atoms with E-state index in [-0.39, 0.29) is 16.6 Å². The average molecular weight is 318 g/mol. The fourth-order valence-corrected chi connectivity index (χ4v) is 2.30. The Balaban J connectivity index is 2.39. The van der Waals surface area contributed by atoms with Crippen molar-refractivity contribution < 1.29 is 23.1 Å². The van der Waals surface area contributed by atoms with Crippen LogP contribution in [0.5, 0.6) is 0 Å². The molecule has 0 fully saturated rings. The Labute approximate surface area is 128 Å². The van der Waals surface area contributed by atoms with Crippen LogP contribution in [0.25, 0.3) is 22.3 Å². The molecule has 0 amide bonds. The topological polar surface area (TPSA) is 63.1 Å². The first-order chi connectivity index (χ1) is 10.9. The van der Waals surface area contributed by atoms with Crippen molar-refractivity contribution in [2.45, 2.75) is 6.18 Å². The van der Waals surface area contributed by atoms with Crippen molar-refractivity contribution in [2.24, 2.45) is 0 Å². The van der Waals surface area contributed by atoms with Gasteiger partial charge in [0.2, 0.25) is 0 Å². The lowest BCUT2D eigenvalue weighted by atomic mass is 10.0. The van der Waals surface area contributed by atoms with Crippen LogP contribution in [0.3, 0.4) is 0 Å². The van der Waals surface area contributed by atoms with Crippen LogP contribution in [0.4, 0.5) is 13.2 Å². The molecule has 2 aromatic heterocycles. The van der Waals surface area contributed by atoms with Gasteiger partial charge in [0.15, 0.2) is 0 Å². The molecule has 0 saturated heterocycles. The number of nitrogens with zero attached hydrogens (tertiary/aromatic N) is 2. The standard InChI is InChI=1S/C16H9F3N2O2/c17-16(18,19)11-5-3-4-9-10(15(22)23)8-13(21-14(9)11)12-6-1-2-7-20-12/h1-8H,(H,22,23). The first-order valence-corrected chi connectivity index (χ1v) is 6.53. The fourth-order valence-electron chi connectivity index (χ4n) is 2.30. The van der Waals surface area contributed by atoms with Crippen molar-refractivity contribution in [1.82, 2.24) is 9.97 Å². The van der Waals surface area contributed by atoms with Crippen molar-refractivity contribution in [3.8, 4) is 11.4 Å². The smallest absolute Gasteiger partial charge is 0.418 e. The predicted molar refractivity (Wildman–Crippen MR) is 76.9 cm³/mol. The van der Waals surface area contributed by atoms with E-state index < -0.39 is 23.2 Å². The molecule has 1 N–H and O–H groups in total. The quantitative estimate of drug-likeness (QED) is 0.775. The minimum atomic E-state index is -4.63. The lowest BCUT2D eigenvalue weighted by molar-refractivity contribution is -0.136. The number of fused-ring (bicyclic) bond motifs is 1. The number of carboxylic acids is 1. The highest BCUT2D eigenvalue weighted by molar-refractivity contribution is 6.04. The van der Waals surface area contributed by atoms with Crippen LogP contribution in [0.2, 0.25) is 0 Å². The maximum absolute atomic E-state index is 13.2. The van der Waals surface area contributed by atoms with Crippen LogP contribution in [0.1, 0.15) is 15.9 Å². The summed E-state index contributed by atoms with van der Waals surface area (Å²) in [6.07, 6.45) is -3.18. The highest BCUT2D eigenvalue weighted by Crippen LogP contribution is 2.36. The van der Waals surface area contributed by atoms with E-state index in [4.69, 9.17) is 0 Å². The Kier molecular flexibility index (Phi) is 3.48. The Morgan fingerprint density at radius 3 is 2.43 bits per heavy atom. The zero-order chi connectivity index (χ0) is 16.6. The molecule has 3 rings (SSSR count). The molecule has 0 aliphatic heterocycles. The molecule has 0 radical (unpaired) electrons. The van der Waals surface area contributed by atoms with Gasteiger partial charge in [0.05, 0.1) is 28.0 Å². The number of benzene rings is 1. The van der Waals surface area contributed by atoms with Gasteiger partial charge in [-0.05, 0) is 24.3 Å². The minimum Gasteiger partial charge on any atom is -0.478 e. The van der Waals surface area contributed by atoms with Crippen molar-refractivity contribution >= 4 is 16.9 Å². The van der Waals surface area contributed by atoms with Gasteiger partial charge in [-0.15, -0.1) is 0 Å². The van der Waals surface area contributed by atoms with E-state index in [9.17, 15) is 23.1 Å². The molecule has 23 heavy (non-hydrogen) atoms. The van der Waals surface area contributed by atoms with E-state index in [0.29, 0.717) is 5.69 Å².